The van der Waals surface area contributed by atoms with Crippen molar-refractivity contribution in [2.45, 2.75) is 57.8 Å². The van der Waals surface area contributed by atoms with Crippen LogP contribution in [0.4, 0.5) is 24.7 Å². The van der Waals surface area contributed by atoms with Crippen molar-refractivity contribution in [2.75, 3.05) is 29.9 Å². The minimum Gasteiger partial charge on any atom is -0.481 e. The van der Waals surface area contributed by atoms with Gasteiger partial charge in [0.15, 0.2) is 0 Å². The SMILES string of the molecule is CC[C@@H]1CCCN1Cc1cc(NC(=O)c2ccc(N3CCC(C(=O)O)CC3)cc2)ncc1-c1ccc(C(F)(F)F)cc1. The number of hydrogen-bond acceptors (Lipinski definition) is 5. The van der Waals surface area contributed by atoms with Crippen LogP contribution in [0, 0.1) is 5.92 Å². The third kappa shape index (κ3) is 6.75. The highest BCUT2D eigenvalue weighted by molar-refractivity contribution is 6.04. The number of nitrogens with one attached hydrogen (secondary N) is 1. The molecule has 7 nitrogen and oxygen atoms in total. The number of carbonyl (C=O) groups is 2. The second kappa shape index (κ2) is 12.5. The lowest BCUT2D eigenvalue weighted by atomic mass is 9.96. The Kier molecular flexibility index (Phi) is 8.82. The van der Waals surface area contributed by atoms with Crippen LogP contribution in [-0.2, 0) is 17.5 Å². The average molecular weight is 581 g/mol. The second-order valence-corrected chi connectivity index (χ2v) is 11.1. The standard InChI is InChI=1S/C32H35F3N4O3/c1-2-26-4-3-15-39(26)20-24-18-29(36-19-28(24)21-5-9-25(10-6-21)32(33,34)35)37-30(40)22-7-11-27(12-8-22)38-16-13-23(14-17-38)31(41)42/h5-12,18-19,23,26H,2-4,13-17,20H2,1H3,(H,41,42)(H,36,37,40)/t26-/m1/s1. The van der Waals surface area contributed by atoms with E-state index in [1.165, 1.54) is 12.1 Å². The molecule has 1 amide bonds. The summed E-state index contributed by atoms with van der Waals surface area (Å²) in [6.07, 6.45) is 1.60. The van der Waals surface area contributed by atoms with E-state index in [1.54, 1.807) is 18.3 Å². The van der Waals surface area contributed by atoms with Crippen LogP contribution in [0.2, 0.25) is 0 Å². The molecule has 2 saturated heterocycles. The molecule has 222 valence electrons. The number of piperidine rings is 1. The Bertz CT molecular complexity index is 1400. The fourth-order valence-corrected chi connectivity index (χ4v) is 5.98. The predicted molar refractivity (Wildman–Crippen MR) is 155 cm³/mol. The third-order valence-corrected chi connectivity index (χ3v) is 8.44. The van der Waals surface area contributed by atoms with Crippen molar-refractivity contribution in [1.29, 1.82) is 0 Å². The highest BCUT2D eigenvalue weighted by Gasteiger charge is 2.30. The van der Waals surface area contributed by atoms with Gasteiger partial charge in [-0.1, -0.05) is 19.1 Å². The highest BCUT2D eigenvalue weighted by Crippen LogP contribution is 2.34. The molecule has 3 aromatic rings. The molecule has 0 radical (unpaired) electrons. The summed E-state index contributed by atoms with van der Waals surface area (Å²) in [4.78, 5) is 33.3. The van der Waals surface area contributed by atoms with Crippen molar-refractivity contribution >= 4 is 23.4 Å². The number of aromatic nitrogens is 1. The molecule has 1 atom stereocenters. The van der Waals surface area contributed by atoms with Gasteiger partial charge in [-0.3, -0.25) is 14.5 Å². The molecular weight excluding hydrogens is 545 g/mol. The number of alkyl halides is 3. The molecule has 0 unspecified atom stereocenters. The van der Waals surface area contributed by atoms with Crippen LogP contribution in [0.5, 0.6) is 0 Å². The monoisotopic (exact) mass is 580 g/mol. The van der Waals surface area contributed by atoms with Crippen molar-refractivity contribution in [1.82, 2.24) is 9.88 Å². The van der Waals surface area contributed by atoms with Crippen LogP contribution in [0.25, 0.3) is 11.1 Å². The number of likely N-dealkylation sites (tertiary alicyclic amines) is 1. The Balaban J connectivity index is 1.33. The Morgan fingerprint density at radius 2 is 1.69 bits per heavy atom. The van der Waals surface area contributed by atoms with E-state index in [9.17, 15) is 27.9 Å². The molecule has 2 aliphatic rings. The molecule has 5 rings (SSSR count). The fourth-order valence-electron chi connectivity index (χ4n) is 5.98. The van der Waals surface area contributed by atoms with Gasteiger partial charge in [-0.2, -0.15) is 13.2 Å². The van der Waals surface area contributed by atoms with Gasteiger partial charge in [-0.25, -0.2) is 4.98 Å². The normalized spacial score (nSPS) is 18.3. The first kappa shape index (κ1) is 29.6. The third-order valence-electron chi connectivity index (χ3n) is 8.44. The van der Waals surface area contributed by atoms with E-state index in [-0.39, 0.29) is 11.8 Å². The first-order chi connectivity index (χ1) is 20.1. The van der Waals surface area contributed by atoms with Gasteiger partial charge in [-0.05, 0) is 92.2 Å². The lowest BCUT2D eigenvalue weighted by molar-refractivity contribution is -0.142. The van der Waals surface area contributed by atoms with E-state index in [4.69, 9.17) is 0 Å². The number of hydrogen-bond donors (Lipinski definition) is 2. The van der Waals surface area contributed by atoms with Crippen LogP contribution < -0.4 is 10.2 Å². The van der Waals surface area contributed by atoms with Crippen LogP contribution >= 0.6 is 0 Å². The topological polar surface area (TPSA) is 85.8 Å². The van der Waals surface area contributed by atoms with Gasteiger partial charge in [0, 0.05) is 48.7 Å². The molecule has 2 fully saturated rings. The zero-order valence-electron chi connectivity index (χ0n) is 23.5. The number of benzene rings is 2. The number of rotatable bonds is 8. The van der Waals surface area contributed by atoms with Gasteiger partial charge >= 0.3 is 12.1 Å². The number of carbonyl (C=O) groups excluding carboxylic acids is 1. The van der Waals surface area contributed by atoms with E-state index in [0.717, 1.165) is 54.8 Å². The maximum absolute atomic E-state index is 13.1. The molecule has 2 aromatic carbocycles. The van der Waals surface area contributed by atoms with Crippen molar-refractivity contribution in [3.63, 3.8) is 0 Å². The Hall–Kier alpha value is -3.92. The van der Waals surface area contributed by atoms with E-state index in [0.29, 0.717) is 55.5 Å². The number of carboxylic acid groups (broad SMARTS) is 1. The summed E-state index contributed by atoms with van der Waals surface area (Å²) in [6, 6.07) is 14.5. The van der Waals surface area contributed by atoms with Gasteiger partial charge < -0.3 is 15.3 Å². The number of carboxylic acids is 1. The smallest absolute Gasteiger partial charge is 0.416 e. The predicted octanol–water partition coefficient (Wildman–Crippen LogP) is 6.70. The first-order valence-electron chi connectivity index (χ1n) is 14.4. The largest absolute Gasteiger partial charge is 0.481 e. The fraction of sp³-hybridized carbons (Fsp3) is 0.406. The zero-order valence-corrected chi connectivity index (χ0v) is 23.5. The molecule has 2 aliphatic heterocycles. The van der Waals surface area contributed by atoms with Gasteiger partial charge in [-0.15, -0.1) is 0 Å². The van der Waals surface area contributed by atoms with Crippen LogP contribution in [0.3, 0.4) is 0 Å². The highest BCUT2D eigenvalue weighted by atomic mass is 19.4. The summed E-state index contributed by atoms with van der Waals surface area (Å²) in [5, 5.41) is 12.1. The number of amides is 1. The van der Waals surface area contributed by atoms with Gasteiger partial charge in [0.25, 0.3) is 5.91 Å². The van der Waals surface area contributed by atoms with E-state index in [2.05, 4.69) is 27.0 Å². The summed E-state index contributed by atoms with van der Waals surface area (Å²) >= 11 is 0. The van der Waals surface area contributed by atoms with Crippen LogP contribution in [0.1, 0.15) is 60.5 Å². The summed E-state index contributed by atoms with van der Waals surface area (Å²) in [5.74, 6) is -1.01. The molecule has 0 spiro atoms. The molecular formula is C32H35F3N4O3. The minimum atomic E-state index is -4.41. The molecule has 3 heterocycles. The van der Waals surface area contributed by atoms with Crippen molar-refractivity contribution in [3.05, 3.63) is 77.5 Å². The van der Waals surface area contributed by atoms with E-state index in [1.807, 2.05) is 18.2 Å². The van der Waals surface area contributed by atoms with Gasteiger partial charge in [0.1, 0.15) is 5.82 Å². The minimum absolute atomic E-state index is 0.312. The molecule has 0 aliphatic carbocycles. The zero-order chi connectivity index (χ0) is 29.9. The maximum Gasteiger partial charge on any atom is 0.416 e. The summed E-state index contributed by atoms with van der Waals surface area (Å²) in [5.41, 5.74) is 2.96. The van der Waals surface area contributed by atoms with Gasteiger partial charge in [0.05, 0.1) is 11.5 Å². The second-order valence-electron chi connectivity index (χ2n) is 11.1. The first-order valence-corrected chi connectivity index (χ1v) is 14.4. The van der Waals surface area contributed by atoms with Crippen molar-refractivity contribution in [3.8, 4) is 11.1 Å². The molecule has 42 heavy (non-hydrogen) atoms. The average Bonchev–Trinajstić information content (AvgIpc) is 3.44. The number of pyridine rings is 1. The molecule has 0 bridgehead atoms. The summed E-state index contributed by atoms with van der Waals surface area (Å²) in [6.45, 7) is 5.00. The Morgan fingerprint density at radius 3 is 2.31 bits per heavy atom. The number of nitrogens with zero attached hydrogens (tertiary/aromatic N) is 3. The molecule has 10 heteroatoms. The lowest BCUT2D eigenvalue weighted by Crippen LogP contribution is -2.36. The van der Waals surface area contributed by atoms with E-state index < -0.39 is 17.7 Å². The van der Waals surface area contributed by atoms with E-state index >= 15 is 0 Å². The van der Waals surface area contributed by atoms with Crippen LogP contribution in [0.15, 0.2) is 60.8 Å². The number of anilines is 2. The quantitative estimate of drug-likeness (QED) is 0.309. The Morgan fingerprint density at radius 1 is 1.00 bits per heavy atom. The number of halogens is 3. The molecule has 1 aromatic heterocycles. The summed E-state index contributed by atoms with van der Waals surface area (Å²) < 4.78 is 39.4. The summed E-state index contributed by atoms with van der Waals surface area (Å²) in [7, 11) is 0. The molecule has 2 N–H and O–H groups in total. The molecule has 0 saturated carbocycles. The Labute approximate surface area is 243 Å². The maximum atomic E-state index is 13.1. The lowest BCUT2D eigenvalue weighted by Gasteiger charge is -2.32. The van der Waals surface area contributed by atoms with Gasteiger partial charge in [0.2, 0.25) is 0 Å². The number of aliphatic carboxylic acids is 1. The van der Waals surface area contributed by atoms with Crippen LogP contribution in [-0.4, -0.2) is 52.5 Å². The van der Waals surface area contributed by atoms with Crippen molar-refractivity contribution in [2.24, 2.45) is 5.92 Å². The van der Waals surface area contributed by atoms with Crippen molar-refractivity contribution < 1.29 is 27.9 Å².